The summed E-state index contributed by atoms with van der Waals surface area (Å²) in [5, 5.41) is 10.7. The highest BCUT2D eigenvalue weighted by molar-refractivity contribution is 6.48. The van der Waals surface area contributed by atoms with Crippen LogP contribution in [-0.4, -0.2) is 38.2 Å². The van der Waals surface area contributed by atoms with E-state index in [0.717, 1.165) is 17.5 Å². The highest BCUT2D eigenvalue weighted by Gasteiger charge is 2.26. The third kappa shape index (κ3) is 7.84. The topological polar surface area (TPSA) is 55.8 Å². The first-order valence-electron chi connectivity index (χ1n) is 10.1. The summed E-state index contributed by atoms with van der Waals surface area (Å²) in [4.78, 5) is 12.3. The van der Waals surface area contributed by atoms with Gasteiger partial charge >= 0.3 is 5.97 Å². The number of carbonyl (C=O) groups excluding carboxylic acids is 1. The predicted octanol–water partition coefficient (Wildman–Crippen LogP) is 5.00. The summed E-state index contributed by atoms with van der Waals surface area (Å²) < 4.78 is 10.4. The lowest BCUT2D eigenvalue weighted by molar-refractivity contribution is -0.150. The first kappa shape index (κ1) is 23.5. The first-order valence-corrected chi connectivity index (χ1v) is 10.5. The Morgan fingerprint density at radius 1 is 1.17 bits per heavy atom. The Labute approximate surface area is 179 Å². The number of rotatable bonds is 11. The number of halogens is 1. The minimum absolute atomic E-state index is 0.150. The fraction of sp³-hybridized carbons (Fsp3) is 0.435. The van der Waals surface area contributed by atoms with Crippen LogP contribution in [0, 0.1) is 11.8 Å². The molecule has 0 fully saturated rings. The van der Waals surface area contributed by atoms with Crippen LogP contribution in [0.2, 0.25) is 18.2 Å². The number of hydrogen-bond donors (Lipinski definition) is 1. The van der Waals surface area contributed by atoms with E-state index in [4.69, 9.17) is 21.1 Å². The summed E-state index contributed by atoms with van der Waals surface area (Å²) in [6.45, 7) is 3.83. The van der Waals surface area contributed by atoms with Crippen LogP contribution in [-0.2, 0) is 20.7 Å². The van der Waals surface area contributed by atoms with Gasteiger partial charge in [0.1, 0.15) is 0 Å². The summed E-state index contributed by atoms with van der Waals surface area (Å²) in [7, 11) is 1.59. The first-order chi connectivity index (χ1) is 13.9. The molecule has 0 aliphatic rings. The highest BCUT2D eigenvalue weighted by Crippen LogP contribution is 2.27. The monoisotopic (exact) mass is 416 g/mol. The molecule has 4 nitrogen and oxygen atoms in total. The Morgan fingerprint density at radius 3 is 2.48 bits per heavy atom. The Kier molecular flexibility index (Phi) is 9.72. The zero-order chi connectivity index (χ0) is 21.2. The van der Waals surface area contributed by atoms with Crippen LogP contribution in [0.15, 0.2) is 48.5 Å². The van der Waals surface area contributed by atoms with Gasteiger partial charge in [-0.25, -0.2) is 0 Å². The van der Waals surface area contributed by atoms with Crippen molar-refractivity contribution in [2.24, 2.45) is 11.8 Å². The Morgan fingerprint density at radius 2 is 1.90 bits per heavy atom. The lowest BCUT2D eigenvalue weighted by Gasteiger charge is -2.23. The molecule has 6 heteroatoms. The second-order valence-electron chi connectivity index (χ2n) is 7.50. The number of benzene rings is 2. The van der Waals surface area contributed by atoms with Gasteiger partial charge in [-0.2, -0.15) is 0 Å². The molecule has 0 bridgehead atoms. The molecular formula is C23H30BClO4. The molecule has 0 spiro atoms. The van der Waals surface area contributed by atoms with Crippen molar-refractivity contribution in [2.45, 2.75) is 32.9 Å². The molecule has 0 heterocycles. The fourth-order valence-corrected chi connectivity index (χ4v) is 3.87. The number of carbonyl (C=O) groups is 1. The average Bonchev–Trinajstić information content (AvgIpc) is 2.68. The lowest BCUT2D eigenvalue weighted by atomic mass is 9.62. The molecule has 2 aromatic carbocycles. The van der Waals surface area contributed by atoms with E-state index in [0.29, 0.717) is 31.0 Å². The predicted molar refractivity (Wildman–Crippen MR) is 119 cm³/mol. The zero-order valence-electron chi connectivity index (χ0n) is 17.4. The van der Waals surface area contributed by atoms with E-state index < -0.39 is 6.92 Å². The Hall–Kier alpha value is -1.82. The molecule has 0 unspecified atom stereocenters. The summed E-state index contributed by atoms with van der Waals surface area (Å²) in [6.07, 6.45) is 2.02. The van der Waals surface area contributed by atoms with Crippen LogP contribution < -0.4 is 0 Å². The molecular weight excluding hydrogens is 387 g/mol. The van der Waals surface area contributed by atoms with Gasteiger partial charge in [-0.15, -0.1) is 0 Å². The summed E-state index contributed by atoms with van der Waals surface area (Å²) in [5.74, 6) is -0.410. The van der Waals surface area contributed by atoms with Gasteiger partial charge in [0, 0.05) is 12.1 Å². The zero-order valence-corrected chi connectivity index (χ0v) is 18.2. The molecule has 2 aromatic rings. The summed E-state index contributed by atoms with van der Waals surface area (Å²) >= 11 is 6.09. The van der Waals surface area contributed by atoms with Crippen molar-refractivity contribution in [2.75, 3.05) is 20.3 Å². The van der Waals surface area contributed by atoms with E-state index >= 15 is 0 Å². The molecule has 29 heavy (non-hydrogen) atoms. The van der Waals surface area contributed by atoms with Gasteiger partial charge in [0.2, 0.25) is 0 Å². The lowest BCUT2D eigenvalue weighted by Crippen LogP contribution is -2.27. The molecule has 0 amide bonds. The molecule has 2 atom stereocenters. The van der Waals surface area contributed by atoms with Gasteiger partial charge < -0.3 is 14.5 Å². The van der Waals surface area contributed by atoms with Crippen LogP contribution >= 0.6 is 11.6 Å². The van der Waals surface area contributed by atoms with Gasteiger partial charge in [0.25, 0.3) is 6.92 Å². The van der Waals surface area contributed by atoms with Crippen molar-refractivity contribution in [3.8, 4) is 11.1 Å². The second kappa shape index (κ2) is 12.0. The summed E-state index contributed by atoms with van der Waals surface area (Å²) in [5.41, 5.74) is 3.35. The molecule has 156 valence electrons. The van der Waals surface area contributed by atoms with Crippen molar-refractivity contribution >= 4 is 24.5 Å². The van der Waals surface area contributed by atoms with E-state index in [1.54, 1.807) is 20.9 Å². The van der Waals surface area contributed by atoms with Crippen LogP contribution in [0.1, 0.15) is 18.9 Å². The van der Waals surface area contributed by atoms with Gasteiger partial charge in [0.15, 0.2) is 0 Å². The Bertz CT molecular complexity index is 764. The quantitative estimate of drug-likeness (QED) is 0.414. The number of hydrogen-bond acceptors (Lipinski definition) is 4. The van der Waals surface area contributed by atoms with Crippen LogP contribution in [0.3, 0.4) is 0 Å². The van der Waals surface area contributed by atoms with Crippen molar-refractivity contribution in [1.82, 2.24) is 0 Å². The normalized spacial score (nSPS) is 13.0. The van der Waals surface area contributed by atoms with E-state index in [2.05, 4.69) is 24.3 Å². The minimum atomic E-state index is -0.434. The maximum Gasteiger partial charge on any atom is 0.311 e. The molecule has 0 saturated carbocycles. The van der Waals surface area contributed by atoms with Crippen LogP contribution in [0.5, 0.6) is 0 Å². The van der Waals surface area contributed by atoms with Crippen LogP contribution in [0.4, 0.5) is 0 Å². The van der Waals surface area contributed by atoms with E-state index in [1.165, 1.54) is 5.56 Å². The average molecular weight is 417 g/mol. The Balaban J connectivity index is 2.11. The molecule has 0 aliphatic carbocycles. The van der Waals surface area contributed by atoms with Crippen LogP contribution in [0.25, 0.3) is 11.1 Å². The molecule has 0 radical (unpaired) electrons. The van der Waals surface area contributed by atoms with E-state index in [9.17, 15) is 9.82 Å². The maximum absolute atomic E-state index is 12.3. The molecule has 2 rings (SSSR count). The van der Waals surface area contributed by atoms with Crippen molar-refractivity contribution in [1.29, 1.82) is 0 Å². The SMILES string of the molecule is CCOC(=O)[C@H](COC)C[C@H](CB(C)O)Cc1ccc(-c2cccc(Cl)c2)cc1. The highest BCUT2D eigenvalue weighted by atomic mass is 35.5. The van der Waals surface area contributed by atoms with Gasteiger partial charge in [0.05, 0.1) is 19.1 Å². The minimum Gasteiger partial charge on any atom is -0.466 e. The molecule has 1 N–H and O–H groups in total. The fourth-order valence-electron chi connectivity index (χ4n) is 3.68. The standard InChI is InChI=1S/C23H30BClO4/c1-4-29-23(26)21(16-28-3)13-18(15-24(2)27)12-17-8-10-19(11-9-17)20-6-5-7-22(25)14-20/h5-11,14,18,21,27H,4,12-13,15-16H2,1-3H3/t18-,21+/m1/s1. The van der Waals surface area contributed by atoms with Gasteiger partial charge in [-0.05, 0) is 60.8 Å². The second-order valence-corrected chi connectivity index (χ2v) is 7.94. The van der Waals surface area contributed by atoms with Crippen molar-refractivity contribution in [3.05, 3.63) is 59.1 Å². The number of ether oxygens (including phenoxy) is 2. The molecule has 0 saturated heterocycles. The van der Waals surface area contributed by atoms with E-state index in [-0.39, 0.29) is 17.8 Å². The molecule has 0 aromatic heterocycles. The van der Waals surface area contributed by atoms with Crippen molar-refractivity contribution < 1.29 is 19.3 Å². The van der Waals surface area contributed by atoms with Crippen molar-refractivity contribution in [3.63, 3.8) is 0 Å². The third-order valence-electron chi connectivity index (χ3n) is 4.92. The van der Waals surface area contributed by atoms with Gasteiger partial charge in [-0.1, -0.05) is 54.8 Å². The number of esters is 1. The smallest absolute Gasteiger partial charge is 0.311 e. The summed E-state index contributed by atoms with van der Waals surface area (Å²) in [6, 6.07) is 16.1. The third-order valence-corrected chi connectivity index (χ3v) is 5.15. The number of methoxy groups -OCH3 is 1. The van der Waals surface area contributed by atoms with Gasteiger partial charge in [-0.3, -0.25) is 4.79 Å². The largest absolute Gasteiger partial charge is 0.466 e. The maximum atomic E-state index is 12.3. The molecule has 0 aliphatic heterocycles. The van der Waals surface area contributed by atoms with E-state index in [1.807, 2.05) is 24.3 Å².